The van der Waals surface area contributed by atoms with Gasteiger partial charge >= 0.3 is 0 Å². The van der Waals surface area contributed by atoms with Crippen LogP contribution in [0.2, 0.25) is 10.0 Å². The van der Waals surface area contributed by atoms with Gasteiger partial charge in [0.1, 0.15) is 6.04 Å². The fourth-order valence-electron chi connectivity index (χ4n) is 3.96. The first-order chi connectivity index (χ1) is 17.2. The molecule has 2 amide bonds. The first-order valence-electron chi connectivity index (χ1n) is 12.3. The third kappa shape index (κ3) is 8.39. The van der Waals surface area contributed by atoms with Crippen LogP contribution in [0, 0.1) is 12.8 Å². The third-order valence-electron chi connectivity index (χ3n) is 6.06. The smallest absolute Gasteiger partial charge is 0.243 e. The molecular formula is C30H34Cl2N2O2. The summed E-state index contributed by atoms with van der Waals surface area (Å²) in [4.78, 5) is 28.9. The number of rotatable bonds is 11. The normalized spacial score (nSPS) is 11.8. The molecule has 0 aromatic heterocycles. The molecule has 0 radical (unpaired) electrons. The van der Waals surface area contributed by atoms with Crippen LogP contribution in [0.1, 0.15) is 42.5 Å². The molecule has 6 heteroatoms. The van der Waals surface area contributed by atoms with Crippen molar-refractivity contribution in [2.75, 3.05) is 6.54 Å². The summed E-state index contributed by atoms with van der Waals surface area (Å²) < 4.78 is 0. The van der Waals surface area contributed by atoms with E-state index in [1.807, 2.05) is 81.4 Å². The van der Waals surface area contributed by atoms with Crippen molar-refractivity contribution in [1.82, 2.24) is 10.2 Å². The second-order valence-corrected chi connectivity index (χ2v) is 10.4. The largest absolute Gasteiger partial charge is 0.354 e. The van der Waals surface area contributed by atoms with E-state index in [0.717, 1.165) is 16.7 Å². The van der Waals surface area contributed by atoms with E-state index in [4.69, 9.17) is 23.2 Å². The lowest BCUT2D eigenvalue weighted by Gasteiger charge is -2.32. The fourth-order valence-corrected chi connectivity index (χ4v) is 4.43. The van der Waals surface area contributed by atoms with E-state index in [1.54, 1.807) is 17.0 Å². The molecule has 1 unspecified atom stereocenters. The Labute approximate surface area is 224 Å². The molecule has 0 heterocycles. The molecule has 36 heavy (non-hydrogen) atoms. The van der Waals surface area contributed by atoms with E-state index < -0.39 is 6.04 Å². The SMILES string of the molecule is Cc1ccc(CCC(=O)N(Cc2ccc(Cl)cc2Cl)C(Cc2ccccc2)C(=O)NCC(C)C)cc1. The Balaban J connectivity index is 1.92. The van der Waals surface area contributed by atoms with Gasteiger partial charge in [0.05, 0.1) is 0 Å². The molecule has 0 saturated carbocycles. The van der Waals surface area contributed by atoms with E-state index in [1.165, 1.54) is 5.56 Å². The summed E-state index contributed by atoms with van der Waals surface area (Å²) in [5.41, 5.74) is 4.00. The predicted octanol–water partition coefficient (Wildman–Crippen LogP) is 6.65. The molecule has 4 nitrogen and oxygen atoms in total. The van der Waals surface area contributed by atoms with Gasteiger partial charge in [-0.25, -0.2) is 0 Å². The molecule has 0 aliphatic rings. The van der Waals surface area contributed by atoms with Crippen LogP contribution in [0.5, 0.6) is 0 Å². The van der Waals surface area contributed by atoms with Crippen molar-refractivity contribution in [3.63, 3.8) is 0 Å². The number of carbonyl (C=O) groups excluding carboxylic acids is 2. The highest BCUT2D eigenvalue weighted by Crippen LogP contribution is 2.25. The van der Waals surface area contributed by atoms with Gasteiger partial charge in [0, 0.05) is 36.0 Å². The van der Waals surface area contributed by atoms with Crippen molar-refractivity contribution in [2.24, 2.45) is 5.92 Å². The zero-order chi connectivity index (χ0) is 26.1. The van der Waals surface area contributed by atoms with Gasteiger partial charge in [0.2, 0.25) is 11.8 Å². The van der Waals surface area contributed by atoms with E-state index >= 15 is 0 Å². The first-order valence-corrected chi connectivity index (χ1v) is 13.1. The first kappa shape index (κ1) is 27.8. The Morgan fingerprint density at radius 2 is 1.61 bits per heavy atom. The van der Waals surface area contributed by atoms with E-state index in [-0.39, 0.29) is 24.8 Å². The summed E-state index contributed by atoms with van der Waals surface area (Å²) in [6, 6.07) is 22.5. The highest BCUT2D eigenvalue weighted by Gasteiger charge is 2.30. The minimum absolute atomic E-state index is 0.0952. The maximum Gasteiger partial charge on any atom is 0.243 e. The lowest BCUT2D eigenvalue weighted by Crippen LogP contribution is -2.51. The maximum atomic E-state index is 13.7. The van der Waals surface area contributed by atoms with E-state index in [2.05, 4.69) is 5.32 Å². The van der Waals surface area contributed by atoms with Crippen LogP contribution < -0.4 is 5.32 Å². The summed E-state index contributed by atoms with van der Waals surface area (Å²) in [7, 11) is 0. The molecule has 0 fully saturated rings. The molecule has 3 rings (SSSR count). The molecule has 0 bridgehead atoms. The summed E-state index contributed by atoms with van der Waals surface area (Å²) in [5.74, 6) is 0.0336. The predicted molar refractivity (Wildman–Crippen MR) is 148 cm³/mol. The summed E-state index contributed by atoms with van der Waals surface area (Å²) >= 11 is 12.6. The lowest BCUT2D eigenvalue weighted by atomic mass is 10.0. The standard InChI is InChI=1S/C30H34Cl2N2O2/c1-21(2)19-33-30(36)28(17-24-7-5-4-6-8-24)34(20-25-14-15-26(31)18-27(25)32)29(35)16-13-23-11-9-22(3)10-12-23/h4-12,14-15,18,21,28H,13,16-17,19-20H2,1-3H3,(H,33,36). The van der Waals surface area contributed by atoms with Crippen LogP contribution in [0.15, 0.2) is 72.8 Å². The number of hydrogen-bond acceptors (Lipinski definition) is 2. The van der Waals surface area contributed by atoms with Gasteiger partial charge in [-0.3, -0.25) is 9.59 Å². The molecule has 3 aromatic rings. The Kier molecular flexibility index (Phi) is 10.4. The number of benzene rings is 3. The van der Waals surface area contributed by atoms with Gasteiger partial charge in [-0.05, 0) is 48.1 Å². The minimum Gasteiger partial charge on any atom is -0.354 e. The van der Waals surface area contributed by atoms with Crippen LogP contribution in [0.4, 0.5) is 0 Å². The number of aryl methyl sites for hydroxylation is 2. The van der Waals surface area contributed by atoms with Gasteiger partial charge in [-0.15, -0.1) is 0 Å². The Hall–Kier alpha value is -2.82. The second-order valence-electron chi connectivity index (χ2n) is 9.59. The highest BCUT2D eigenvalue weighted by molar-refractivity contribution is 6.35. The number of nitrogens with zero attached hydrogens (tertiary/aromatic N) is 1. The summed E-state index contributed by atoms with van der Waals surface area (Å²) in [6.07, 6.45) is 1.29. The molecule has 1 atom stereocenters. The number of hydrogen-bond donors (Lipinski definition) is 1. The number of halogens is 2. The summed E-state index contributed by atoms with van der Waals surface area (Å²) in [5, 5.41) is 4.04. The Morgan fingerprint density at radius 1 is 0.917 bits per heavy atom. The average molecular weight is 526 g/mol. The zero-order valence-corrected chi connectivity index (χ0v) is 22.6. The fraction of sp³-hybridized carbons (Fsp3) is 0.333. The second kappa shape index (κ2) is 13.5. The monoisotopic (exact) mass is 524 g/mol. The molecular weight excluding hydrogens is 491 g/mol. The molecule has 1 N–H and O–H groups in total. The minimum atomic E-state index is -0.677. The highest BCUT2D eigenvalue weighted by atomic mass is 35.5. The van der Waals surface area contributed by atoms with Crippen LogP contribution in [0.3, 0.4) is 0 Å². The Morgan fingerprint density at radius 3 is 2.25 bits per heavy atom. The maximum absolute atomic E-state index is 13.7. The molecule has 0 aliphatic carbocycles. The van der Waals surface area contributed by atoms with Crippen LogP contribution in [-0.4, -0.2) is 29.3 Å². The van der Waals surface area contributed by atoms with Gasteiger partial charge in [-0.1, -0.05) is 103 Å². The van der Waals surface area contributed by atoms with Crippen LogP contribution in [-0.2, 0) is 29.0 Å². The van der Waals surface area contributed by atoms with Crippen LogP contribution in [0.25, 0.3) is 0 Å². The van der Waals surface area contributed by atoms with Gasteiger partial charge < -0.3 is 10.2 Å². The van der Waals surface area contributed by atoms with Gasteiger partial charge in [0.25, 0.3) is 0 Å². The van der Waals surface area contributed by atoms with Crippen molar-refractivity contribution in [3.8, 4) is 0 Å². The number of carbonyl (C=O) groups is 2. The zero-order valence-electron chi connectivity index (χ0n) is 21.1. The molecule has 190 valence electrons. The van der Waals surface area contributed by atoms with Crippen molar-refractivity contribution < 1.29 is 9.59 Å². The van der Waals surface area contributed by atoms with E-state index in [0.29, 0.717) is 35.3 Å². The average Bonchev–Trinajstić information content (AvgIpc) is 2.86. The topological polar surface area (TPSA) is 49.4 Å². The van der Waals surface area contributed by atoms with Crippen molar-refractivity contribution in [3.05, 3.63) is 105 Å². The third-order valence-corrected chi connectivity index (χ3v) is 6.65. The van der Waals surface area contributed by atoms with Crippen molar-refractivity contribution in [2.45, 2.75) is 52.6 Å². The van der Waals surface area contributed by atoms with E-state index in [9.17, 15) is 9.59 Å². The molecule has 0 saturated heterocycles. The Bertz CT molecular complexity index is 1150. The van der Waals surface area contributed by atoms with Crippen molar-refractivity contribution >= 4 is 35.0 Å². The van der Waals surface area contributed by atoms with Crippen LogP contribution >= 0.6 is 23.2 Å². The van der Waals surface area contributed by atoms with Gasteiger partial charge in [-0.2, -0.15) is 0 Å². The number of nitrogens with one attached hydrogen (secondary N) is 1. The number of amides is 2. The van der Waals surface area contributed by atoms with Gasteiger partial charge in [0.15, 0.2) is 0 Å². The van der Waals surface area contributed by atoms with Crippen molar-refractivity contribution in [1.29, 1.82) is 0 Å². The molecule has 3 aromatic carbocycles. The lowest BCUT2D eigenvalue weighted by molar-refractivity contribution is -0.141. The molecule has 0 spiro atoms. The quantitative estimate of drug-likeness (QED) is 0.305. The summed E-state index contributed by atoms with van der Waals surface area (Å²) in [6.45, 7) is 6.89. The molecule has 0 aliphatic heterocycles.